The average Bonchev–Trinajstić information content (AvgIpc) is 3.28. The van der Waals surface area contributed by atoms with Crippen LogP contribution in [0.25, 0.3) is 11.1 Å². The van der Waals surface area contributed by atoms with Crippen molar-refractivity contribution in [3.8, 4) is 11.1 Å². The van der Waals surface area contributed by atoms with Gasteiger partial charge < -0.3 is 5.11 Å². The Morgan fingerprint density at radius 3 is 2.03 bits per heavy atom. The summed E-state index contributed by atoms with van der Waals surface area (Å²) in [4.78, 5) is 11.6. The summed E-state index contributed by atoms with van der Waals surface area (Å²) >= 11 is 6.05. The van der Waals surface area contributed by atoms with Gasteiger partial charge in [0.2, 0.25) is 10.0 Å². The summed E-state index contributed by atoms with van der Waals surface area (Å²) in [6.07, 6.45) is -0.371. The molecule has 0 bridgehead atoms. The van der Waals surface area contributed by atoms with Crippen molar-refractivity contribution in [1.29, 1.82) is 0 Å². The van der Waals surface area contributed by atoms with E-state index in [1.54, 1.807) is 18.2 Å². The zero-order valence-electron chi connectivity index (χ0n) is 17.2. The Kier molecular flexibility index (Phi) is 6.32. The highest BCUT2D eigenvalue weighted by Crippen LogP contribution is 2.35. The summed E-state index contributed by atoms with van der Waals surface area (Å²) < 4.78 is 53.7. The Morgan fingerprint density at radius 1 is 0.848 bits per heavy atom. The standard InChI is InChI=1S/C23H20ClNO6S2/c24-20-8-4-5-9-22(20)32(28,29)19-14-21(23(26)27)25(15-19)33(30,31)18-12-10-17(11-13-18)16-6-2-1-3-7-16/h1-13,19,21H,14-15H2,(H,26,27)/t19-,21+/m1/s1. The zero-order chi connectivity index (χ0) is 23.8. The molecule has 0 amide bonds. The van der Waals surface area contributed by atoms with Crippen LogP contribution in [0.5, 0.6) is 0 Å². The first-order valence-corrected chi connectivity index (χ1v) is 13.4. The van der Waals surface area contributed by atoms with E-state index < -0.39 is 43.7 Å². The Bertz CT molecular complexity index is 1390. The van der Waals surface area contributed by atoms with E-state index in [2.05, 4.69) is 0 Å². The molecule has 0 aromatic heterocycles. The first-order valence-electron chi connectivity index (χ1n) is 10.0. The minimum atomic E-state index is -4.26. The number of benzene rings is 3. The molecule has 2 atom stereocenters. The van der Waals surface area contributed by atoms with Crippen LogP contribution in [0.3, 0.4) is 0 Å². The number of nitrogens with zero attached hydrogens (tertiary/aromatic N) is 1. The van der Waals surface area contributed by atoms with Gasteiger partial charge in [0.25, 0.3) is 0 Å². The molecule has 7 nitrogen and oxygen atoms in total. The molecule has 3 aromatic carbocycles. The van der Waals surface area contributed by atoms with Crippen molar-refractivity contribution in [1.82, 2.24) is 4.31 Å². The maximum atomic E-state index is 13.3. The SMILES string of the molecule is O=C(O)[C@@H]1C[C@@H](S(=O)(=O)c2ccccc2Cl)CN1S(=O)(=O)c1ccc(-c2ccccc2)cc1. The fourth-order valence-electron chi connectivity index (χ4n) is 3.92. The molecule has 0 spiro atoms. The van der Waals surface area contributed by atoms with Crippen LogP contribution in [-0.4, -0.2) is 50.1 Å². The van der Waals surface area contributed by atoms with Gasteiger partial charge in [0.1, 0.15) is 6.04 Å². The molecular weight excluding hydrogens is 486 g/mol. The van der Waals surface area contributed by atoms with Gasteiger partial charge in [-0.3, -0.25) is 4.79 Å². The molecule has 1 fully saturated rings. The first-order chi connectivity index (χ1) is 15.6. The van der Waals surface area contributed by atoms with Crippen LogP contribution in [0, 0.1) is 0 Å². The molecule has 1 heterocycles. The topological polar surface area (TPSA) is 109 Å². The summed E-state index contributed by atoms with van der Waals surface area (Å²) in [6.45, 7) is -0.479. The molecule has 0 saturated carbocycles. The Morgan fingerprint density at radius 2 is 1.42 bits per heavy atom. The van der Waals surface area contributed by atoms with Crippen molar-refractivity contribution in [2.45, 2.75) is 27.5 Å². The lowest BCUT2D eigenvalue weighted by atomic mass is 10.1. The van der Waals surface area contributed by atoms with Gasteiger partial charge in [0, 0.05) is 6.54 Å². The van der Waals surface area contributed by atoms with E-state index in [0.717, 1.165) is 15.4 Å². The van der Waals surface area contributed by atoms with E-state index in [9.17, 15) is 26.7 Å². The third-order valence-electron chi connectivity index (χ3n) is 5.65. The number of halogens is 1. The number of sulfonamides is 1. The third kappa shape index (κ3) is 4.41. The minimum Gasteiger partial charge on any atom is -0.480 e. The number of hydrogen-bond acceptors (Lipinski definition) is 5. The van der Waals surface area contributed by atoms with Crippen molar-refractivity contribution in [2.24, 2.45) is 0 Å². The molecule has 33 heavy (non-hydrogen) atoms. The Hall–Kier alpha value is -2.72. The number of hydrogen-bond donors (Lipinski definition) is 1. The van der Waals surface area contributed by atoms with Gasteiger partial charge in [-0.2, -0.15) is 4.31 Å². The molecule has 1 aliphatic heterocycles. The number of carboxylic acid groups (broad SMARTS) is 1. The van der Waals surface area contributed by atoms with Crippen LogP contribution in [0.2, 0.25) is 5.02 Å². The van der Waals surface area contributed by atoms with Crippen LogP contribution in [0.15, 0.2) is 88.7 Å². The first kappa shape index (κ1) is 23.4. The maximum absolute atomic E-state index is 13.3. The van der Waals surface area contributed by atoms with E-state index in [4.69, 9.17) is 11.6 Å². The number of carbonyl (C=O) groups is 1. The Labute approximate surface area is 197 Å². The van der Waals surface area contributed by atoms with E-state index in [1.807, 2.05) is 30.3 Å². The predicted octanol–water partition coefficient (Wildman–Crippen LogP) is 3.70. The second kappa shape index (κ2) is 8.90. The monoisotopic (exact) mass is 505 g/mol. The molecule has 0 aliphatic carbocycles. The summed E-state index contributed by atoms with van der Waals surface area (Å²) in [5.74, 6) is -1.41. The molecule has 1 saturated heterocycles. The number of carboxylic acids is 1. The predicted molar refractivity (Wildman–Crippen MR) is 124 cm³/mol. The van der Waals surface area contributed by atoms with Gasteiger partial charge in [-0.05, 0) is 41.8 Å². The highest BCUT2D eigenvalue weighted by Gasteiger charge is 2.49. The normalized spacial score (nSPS) is 19.4. The lowest BCUT2D eigenvalue weighted by Gasteiger charge is -2.21. The molecule has 0 radical (unpaired) electrons. The van der Waals surface area contributed by atoms with Crippen LogP contribution in [-0.2, 0) is 24.7 Å². The highest BCUT2D eigenvalue weighted by molar-refractivity contribution is 7.92. The molecule has 1 N–H and O–H groups in total. The molecule has 1 aliphatic rings. The number of rotatable bonds is 6. The van der Waals surface area contributed by atoms with Crippen LogP contribution >= 0.6 is 11.6 Å². The number of sulfone groups is 1. The van der Waals surface area contributed by atoms with Gasteiger partial charge in [-0.1, -0.05) is 66.2 Å². The van der Waals surface area contributed by atoms with Gasteiger partial charge in [0.05, 0.1) is 20.1 Å². The van der Waals surface area contributed by atoms with Gasteiger partial charge in [-0.15, -0.1) is 0 Å². The van der Waals surface area contributed by atoms with Gasteiger partial charge >= 0.3 is 5.97 Å². The maximum Gasteiger partial charge on any atom is 0.322 e. The second-order valence-corrected chi connectivity index (χ2v) is 12.1. The minimum absolute atomic E-state index is 0.00202. The van der Waals surface area contributed by atoms with Crippen molar-refractivity contribution in [2.75, 3.05) is 6.54 Å². The lowest BCUT2D eigenvalue weighted by molar-refractivity contribution is -0.140. The van der Waals surface area contributed by atoms with Crippen LogP contribution in [0.4, 0.5) is 0 Å². The van der Waals surface area contributed by atoms with Crippen LogP contribution in [0.1, 0.15) is 6.42 Å². The van der Waals surface area contributed by atoms with E-state index in [-0.39, 0.29) is 21.2 Å². The van der Waals surface area contributed by atoms with Crippen molar-refractivity contribution < 1.29 is 26.7 Å². The molecular formula is C23H20ClNO6S2. The van der Waals surface area contributed by atoms with E-state index in [1.165, 1.54) is 30.3 Å². The summed E-state index contributed by atoms with van der Waals surface area (Å²) in [6, 6.07) is 19.7. The third-order valence-corrected chi connectivity index (χ3v) is 10.2. The number of aliphatic carboxylic acids is 1. The summed E-state index contributed by atoms with van der Waals surface area (Å²) in [5.41, 5.74) is 1.70. The van der Waals surface area contributed by atoms with Gasteiger partial charge in [-0.25, -0.2) is 16.8 Å². The largest absolute Gasteiger partial charge is 0.480 e. The van der Waals surface area contributed by atoms with E-state index >= 15 is 0 Å². The fourth-order valence-corrected chi connectivity index (χ4v) is 7.87. The van der Waals surface area contributed by atoms with Crippen molar-refractivity contribution in [3.05, 3.63) is 83.9 Å². The summed E-state index contributed by atoms with van der Waals surface area (Å²) in [5, 5.41) is 8.43. The lowest BCUT2D eigenvalue weighted by Crippen LogP contribution is -2.40. The zero-order valence-corrected chi connectivity index (χ0v) is 19.6. The Balaban J connectivity index is 1.67. The molecule has 3 aromatic rings. The molecule has 4 rings (SSSR count). The quantitative estimate of drug-likeness (QED) is 0.547. The molecule has 10 heteroatoms. The van der Waals surface area contributed by atoms with Crippen molar-refractivity contribution >= 4 is 37.4 Å². The van der Waals surface area contributed by atoms with Gasteiger partial charge in [0.15, 0.2) is 9.84 Å². The molecule has 172 valence electrons. The van der Waals surface area contributed by atoms with E-state index in [0.29, 0.717) is 0 Å². The average molecular weight is 506 g/mol. The second-order valence-electron chi connectivity index (χ2n) is 7.65. The fraction of sp³-hybridized carbons (Fsp3) is 0.174. The van der Waals surface area contributed by atoms with Crippen molar-refractivity contribution in [3.63, 3.8) is 0 Å². The highest BCUT2D eigenvalue weighted by atomic mass is 35.5. The summed E-state index contributed by atoms with van der Waals surface area (Å²) in [7, 11) is -8.32. The van der Waals surface area contributed by atoms with Crippen LogP contribution < -0.4 is 0 Å². The molecule has 0 unspecified atom stereocenters. The smallest absolute Gasteiger partial charge is 0.322 e.